The van der Waals surface area contributed by atoms with E-state index in [9.17, 15) is 9.90 Å². The van der Waals surface area contributed by atoms with Gasteiger partial charge in [-0.15, -0.1) is 0 Å². The van der Waals surface area contributed by atoms with Crippen molar-refractivity contribution in [3.8, 4) is 22.6 Å². The van der Waals surface area contributed by atoms with Crippen LogP contribution in [-0.2, 0) is 0 Å². The molecule has 2 N–H and O–H groups in total. The van der Waals surface area contributed by atoms with E-state index in [4.69, 9.17) is 16.3 Å². The van der Waals surface area contributed by atoms with E-state index in [1.54, 1.807) is 42.7 Å². The molecular formula is C23H24ClN5O3. The molecule has 0 bridgehead atoms. The summed E-state index contributed by atoms with van der Waals surface area (Å²) >= 11 is 6.10. The number of hydrogen-bond acceptors (Lipinski definition) is 7. The molecule has 0 saturated carbocycles. The molecule has 0 spiro atoms. The van der Waals surface area contributed by atoms with Gasteiger partial charge in [0.05, 0.1) is 17.7 Å². The summed E-state index contributed by atoms with van der Waals surface area (Å²) in [6.45, 7) is 3.73. The zero-order valence-corrected chi connectivity index (χ0v) is 18.6. The fraction of sp³-hybridized carbons (Fsp3) is 0.261. The van der Waals surface area contributed by atoms with Gasteiger partial charge in [-0.1, -0.05) is 17.7 Å². The van der Waals surface area contributed by atoms with E-state index in [1.807, 2.05) is 0 Å². The van der Waals surface area contributed by atoms with Crippen LogP contribution in [0.5, 0.6) is 11.5 Å². The van der Waals surface area contributed by atoms with Crippen LogP contribution in [0.3, 0.4) is 0 Å². The zero-order valence-electron chi connectivity index (χ0n) is 17.9. The van der Waals surface area contributed by atoms with Crippen molar-refractivity contribution < 1.29 is 14.6 Å². The van der Waals surface area contributed by atoms with E-state index in [-0.39, 0.29) is 11.3 Å². The Morgan fingerprint density at radius 3 is 2.41 bits per heavy atom. The van der Waals surface area contributed by atoms with E-state index in [0.717, 1.165) is 37.3 Å². The van der Waals surface area contributed by atoms with Crippen LogP contribution in [0.2, 0.25) is 5.02 Å². The van der Waals surface area contributed by atoms with Gasteiger partial charge < -0.3 is 25.0 Å². The Morgan fingerprint density at radius 2 is 1.78 bits per heavy atom. The number of anilines is 2. The summed E-state index contributed by atoms with van der Waals surface area (Å²) in [5.41, 5.74) is 2.12. The lowest BCUT2D eigenvalue weighted by molar-refractivity contribution is 0.102. The number of carbonyl (C=O) groups excluding carboxylic acids is 1. The van der Waals surface area contributed by atoms with Gasteiger partial charge in [-0.2, -0.15) is 0 Å². The summed E-state index contributed by atoms with van der Waals surface area (Å²) in [5, 5.41) is 13.6. The summed E-state index contributed by atoms with van der Waals surface area (Å²) in [6.07, 6.45) is 3.46. The number of methoxy groups -OCH3 is 1. The standard InChI is InChI=1S/C23H24ClN5O3/c1-28-7-9-29(10-8-28)23-25-13-16(14-26-23)15-3-5-18(20(30)11-15)22(31)27-17-4-6-21(32-2)19(24)12-17/h3-6,11-14,30H,7-10H2,1-2H3,(H,27,31). The minimum atomic E-state index is -0.447. The summed E-state index contributed by atoms with van der Waals surface area (Å²) < 4.78 is 5.11. The van der Waals surface area contributed by atoms with Gasteiger partial charge >= 0.3 is 0 Å². The molecule has 2 heterocycles. The summed E-state index contributed by atoms with van der Waals surface area (Å²) in [7, 11) is 3.62. The lowest BCUT2D eigenvalue weighted by Gasteiger charge is -2.32. The van der Waals surface area contributed by atoms with E-state index in [2.05, 4.69) is 32.1 Å². The highest BCUT2D eigenvalue weighted by atomic mass is 35.5. The van der Waals surface area contributed by atoms with Gasteiger partial charge in [-0.3, -0.25) is 4.79 Å². The molecule has 1 saturated heterocycles. The average Bonchev–Trinajstić information content (AvgIpc) is 2.80. The summed E-state index contributed by atoms with van der Waals surface area (Å²) in [6, 6.07) is 9.77. The molecule has 0 atom stereocenters. The number of nitrogens with one attached hydrogen (secondary N) is 1. The molecule has 32 heavy (non-hydrogen) atoms. The number of piperazine rings is 1. The van der Waals surface area contributed by atoms with Crippen molar-refractivity contribution in [1.82, 2.24) is 14.9 Å². The van der Waals surface area contributed by atoms with Crippen molar-refractivity contribution in [3.63, 3.8) is 0 Å². The van der Waals surface area contributed by atoms with Crippen LogP contribution in [0, 0.1) is 0 Å². The van der Waals surface area contributed by atoms with Gasteiger partial charge in [-0.05, 0) is 42.9 Å². The Hall–Kier alpha value is -3.36. The zero-order chi connectivity index (χ0) is 22.7. The van der Waals surface area contributed by atoms with Gasteiger partial charge in [-0.25, -0.2) is 9.97 Å². The van der Waals surface area contributed by atoms with Crippen molar-refractivity contribution >= 4 is 29.1 Å². The highest BCUT2D eigenvalue weighted by Crippen LogP contribution is 2.29. The van der Waals surface area contributed by atoms with Crippen molar-refractivity contribution in [2.45, 2.75) is 0 Å². The summed E-state index contributed by atoms with van der Waals surface area (Å²) in [4.78, 5) is 26.0. The highest BCUT2D eigenvalue weighted by molar-refractivity contribution is 6.32. The van der Waals surface area contributed by atoms with Crippen LogP contribution >= 0.6 is 11.6 Å². The highest BCUT2D eigenvalue weighted by Gasteiger charge is 2.17. The first-order chi connectivity index (χ1) is 15.4. The minimum absolute atomic E-state index is 0.136. The molecule has 8 nitrogen and oxygen atoms in total. The molecular weight excluding hydrogens is 430 g/mol. The van der Waals surface area contributed by atoms with Crippen LogP contribution < -0.4 is 15.0 Å². The lowest BCUT2D eigenvalue weighted by atomic mass is 10.1. The first kappa shape index (κ1) is 21.9. The predicted octanol–water partition coefficient (Wildman–Crippen LogP) is 3.52. The number of ether oxygens (including phenoxy) is 1. The molecule has 1 aliphatic rings. The molecule has 2 aromatic carbocycles. The smallest absolute Gasteiger partial charge is 0.259 e. The topological polar surface area (TPSA) is 90.8 Å². The normalized spacial score (nSPS) is 14.3. The molecule has 4 rings (SSSR count). The molecule has 3 aromatic rings. The first-order valence-electron chi connectivity index (χ1n) is 10.2. The molecule has 9 heteroatoms. The molecule has 0 aliphatic carbocycles. The summed E-state index contributed by atoms with van der Waals surface area (Å²) in [5.74, 6) is 0.623. The predicted molar refractivity (Wildman–Crippen MR) is 125 cm³/mol. The molecule has 1 aliphatic heterocycles. The van der Waals surface area contributed by atoms with Crippen LogP contribution in [0.25, 0.3) is 11.1 Å². The van der Waals surface area contributed by atoms with Crippen LogP contribution in [0.4, 0.5) is 11.6 Å². The third kappa shape index (κ3) is 4.76. The van der Waals surface area contributed by atoms with E-state index < -0.39 is 5.91 Å². The van der Waals surface area contributed by atoms with Crippen molar-refractivity contribution in [3.05, 3.63) is 59.4 Å². The number of halogens is 1. The number of nitrogens with zero attached hydrogens (tertiary/aromatic N) is 4. The van der Waals surface area contributed by atoms with Crippen LogP contribution in [-0.4, -0.2) is 66.2 Å². The number of likely N-dealkylation sites (N-methyl/N-ethyl adjacent to an activating group) is 1. The number of aromatic nitrogens is 2. The van der Waals surface area contributed by atoms with Gasteiger partial charge in [0.25, 0.3) is 5.91 Å². The number of hydrogen-bond donors (Lipinski definition) is 2. The van der Waals surface area contributed by atoms with Crippen molar-refractivity contribution in [2.24, 2.45) is 0 Å². The van der Waals surface area contributed by atoms with Gasteiger partial charge in [0.2, 0.25) is 5.95 Å². The quantitative estimate of drug-likeness (QED) is 0.610. The van der Waals surface area contributed by atoms with Gasteiger partial charge in [0.15, 0.2) is 0 Å². The molecule has 166 valence electrons. The molecule has 1 aromatic heterocycles. The average molecular weight is 454 g/mol. The van der Waals surface area contributed by atoms with E-state index in [0.29, 0.717) is 22.4 Å². The monoisotopic (exact) mass is 453 g/mol. The molecule has 1 fully saturated rings. The lowest BCUT2D eigenvalue weighted by Crippen LogP contribution is -2.45. The third-order valence-corrected chi connectivity index (χ3v) is 5.71. The largest absolute Gasteiger partial charge is 0.507 e. The van der Waals surface area contributed by atoms with Crippen LogP contribution in [0.1, 0.15) is 10.4 Å². The Kier molecular flexibility index (Phi) is 6.43. The third-order valence-electron chi connectivity index (χ3n) is 5.41. The number of phenols is 1. The van der Waals surface area contributed by atoms with Crippen molar-refractivity contribution in [1.29, 1.82) is 0 Å². The SMILES string of the molecule is COc1ccc(NC(=O)c2ccc(-c3cnc(N4CCN(C)CC4)nc3)cc2O)cc1Cl. The van der Waals surface area contributed by atoms with Gasteiger partial charge in [0, 0.05) is 49.8 Å². The fourth-order valence-electron chi connectivity index (χ4n) is 3.49. The Bertz CT molecular complexity index is 1120. The number of rotatable bonds is 5. The number of carbonyl (C=O) groups is 1. The second kappa shape index (κ2) is 9.42. The number of phenolic OH excluding ortho intramolecular Hbond substituents is 1. The molecule has 0 unspecified atom stereocenters. The Balaban J connectivity index is 1.47. The minimum Gasteiger partial charge on any atom is -0.507 e. The second-order valence-corrected chi connectivity index (χ2v) is 8.00. The number of aromatic hydroxyl groups is 1. The van der Waals surface area contributed by atoms with Crippen molar-refractivity contribution in [2.75, 3.05) is 50.6 Å². The van der Waals surface area contributed by atoms with E-state index in [1.165, 1.54) is 13.2 Å². The Labute approximate surface area is 191 Å². The first-order valence-corrected chi connectivity index (χ1v) is 10.6. The second-order valence-electron chi connectivity index (χ2n) is 7.60. The number of amides is 1. The van der Waals surface area contributed by atoms with Gasteiger partial charge in [0.1, 0.15) is 11.5 Å². The maximum Gasteiger partial charge on any atom is 0.259 e. The Morgan fingerprint density at radius 1 is 1.06 bits per heavy atom. The maximum atomic E-state index is 12.6. The molecule has 1 amide bonds. The number of benzene rings is 2. The maximum absolute atomic E-state index is 12.6. The van der Waals surface area contributed by atoms with Crippen LogP contribution in [0.15, 0.2) is 48.8 Å². The fourth-order valence-corrected chi connectivity index (χ4v) is 3.74. The molecule has 0 radical (unpaired) electrons. The van der Waals surface area contributed by atoms with E-state index >= 15 is 0 Å².